The molecule has 6 heteroatoms. The van der Waals surface area contributed by atoms with Crippen LogP contribution in [0.15, 0.2) is 41.4 Å². The van der Waals surface area contributed by atoms with Gasteiger partial charge in [0.25, 0.3) is 0 Å². The molecule has 0 aliphatic rings. The van der Waals surface area contributed by atoms with E-state index in [1.807, 2.05) is 41.4 Å². The number of H-pyrrole nitrogens is 1. The predicted molar refractivity (Wildman–Crippen MR) is 81.8 cm³/mol. The van der Waals surface area contributed by atoms with E-state index in [2.05, 4.69) is 15.3 Å². The number of thiazole rings is 1. The van der Waals surface area contributed by atoms with E-state index in [9.17, 15) is 4.79 Å². The molecule has 0 saturated heterocycles. The summed E-state index contributed by atoms with van der Waals surface area (Å²) in [6, 6.07) is 5.99. The molecule has 3 rings (SSSR count). The summed E-state index contributed by atoms with van der Waals surface area (Å²) in [7, 11) is 0. The Hall–Kier alpha value is -1.92. The zero-order valence-electron chi connectivity index (χ0n) is 10.6. The van der Waals surface area contributed by atoms with Crippen LogP contribution in [-0.4, -0.2) is 15.9 Å². The summed E-state index contributed by atoms with van der Waals surface area (Å²) in [4.78, 5) is 20.5. The first-order chi connectivity index (χ1) is 9.81. The third-order valence-corrected chi connectivity index (χ3v) is 4.71. The third-order valence-electron chi connectivity index (χ3n) is 2.78. The average Bonchev–Trinajstić information content (AvgIpc) is 3.18. The van der Waals surface area contributed by atoms with Crippen LogP contribution < -0.4 is 5.32 Å². The fourth-order valence-electron chi connectivity index (χ4n) is 1.80. The van der Waals surface area contributed by atoms with Crippen LogP contribution in [0.5, 0.6) is 0 Å². The SMILES string of the molecule is O=C(Cc1csc(-c2cccs2)n1)NCc1cc[nH]c1. The Bertz CT molecular complexity index is 671. The molecule has 3 aromatic rings. The molecule has 102 valence electrons. The maximum absolute atomic E-state index is 11.8. The molecule has 0 radical (unpaired) electrons. The molecule has 0 saturated carbocycles. The van der Waals surface area contributed by atoms with Crippen LogP contribution >= 0.6 is 22.7 Å². The van der Waals surface area contributed by atoms with Crippen molar-refractivity contribution in [1.29, 1.82) is 0 Å². The molecule has 3 heterocycles. The van der Waals surface area contributed by atoms with Crippen LogP contribution in [0.3, 0.4) is 0 Å². The first kappa shape index (κ1) is 13.1. The Morgan fingerprint density at radius 1 is 1.35 bits per heavy atom. The molecular weight excluding hydrogens is 290 g/mol. The van der Waals surface area contributed by atoms with Crippen molar-refractivity contribution in [2.75, 3.05) is 0 Å². The minimum absolute atomic E-state index is 0.00534. The molecule has 0 spiro atoms. The molecule has 0 aliphatic carbocycles. The second kappa shape index (κ2) is 6.02. The summed E-state index contributed by atoms with van der Waals surface area (Å²) < 4.78 is 0. The summed E-state index contributed by atoms with van der Waals surface area (Å²) in [6.07, 6.45) is 4.04. The number of aromatic nitrogens is 2. The number of thiophene rings is 1. The molecule has 4 nitrogen and oxygen atoms in total. The van der Waals surface area contributed by atoms with Crippen LogP contribution in [0.2, 0.25) is 0 Å². The molecule has 20 heavy (non-hydrogen) atoms. The van der Waals surface area contributed by atoms with E-state index in [0.29, 0.717) is 13.0 Å². The highest BCUT2D eigenvalue weighted by Crippen LogP contribution is 2.27. The molecule has 0 aliphatic heterocycles. The number of carbonyl (C=O) groups excluding carboxylic acids is 1. The molecule has 0 fully saturated rings. The van der Waals surface area contributed by atoms with Gasteiger partial charge in [0.2, 0.25) is 5.91 Å². The maximum Gasteiger partial charge on any atom is 0.226 e. The summed E-state index contributed by atoms with van der Waals surface area (Å²) in [5, 5.41) is 7.84. The largest absolute Gasteiger partial charge is 0.367 e. The summed E-state index contributed by atoms with van der Waals surface area (Å²) in [6.45, 7) is 0.546. The number of amides is 1. The summed E-state index contributed by atoms with van der Waals surface area (Å²) >= 11 is 3.24. The highest BCUT2D eigenvalue weighted by molar-refractivity contribution is 7.20. The van der Waals surface area contributed by atoms with Crippen molar-refractivity contribution < 1.29 is 4.79 Å². The standard InChI is InChI=1S/C14H13N3OS2/c18-13(16-8-10-3-4-15-7-10)6-11-9-20-14(17-11)12-2-1-5-19-12/h1-5,7,9,15H,6,8H2,(H,16,18). The highest BCUT2D eigenvalue weighted by atomic mass is 32.1. The van der Waals surface area contributed by atoms with Crippen molar-refractivity contribution in [3.63, 3.8) is 0 Å². The Labute approximate surface area is 124 Å². The van der Waals surface area contributed by atoms with Crippen molar-refractivity contribution in [2.45, 2.75) is 13.0 Å². The van der Waals surface area contributed by atoms with Gasteiger partial charge in [0, 0.05) is 24.3 Å². The van der Waals surface area contributed by atoms with E-state index in [1.54, 1.807) is 22.7 Å². The number of aromatic amines is 1. The lowest BCUT2D eigenvalue weighted by Crippen LogP contribution is -2.24. The van der Waals surface area contributed by atoms with Crippen molar-refractivity contribution in [1.82, 2.24) is 15.3 Å². The van der Waals surface area contributed by atoms with Gasteiger partial charge in [0.15, 0.2) is 0 Å². The third kappa shape index (κ3) is 3.15. The second-order valence-electron chi connectivity index (χ2n) is 4.29. The topological polar surface area (TPSA) is 57.8 Å². The van der Waals surface area contributed by atoms with E-state index >= 15 is 0 Å². The summed E-state index contributed by atoms with van der Waals surface area (Å²) in [5.41, 5.74) is 1.89. The quantitative estimate of drug-likeness (QED) is 0.761. The van der Waals surface area contributed by atoms with Gasteiger partial charge in [-0.3, -0.25) is 4.79 Å². The first-order valence-electron chi connectivity index (χ1n) is 6.18. The normalized spacial score (nSPS) is 10.6. The number of hydrogen-bond donors (Lipinski definition) is 2. The Kier molecular flexibility index (Phi) is 3.94. The van der Waals surface area contributed by atoms with E-state index < -0.39 is 0 Å². The van der Waals surface area contributed by atoms with E-state index in [0.717, 1.165) is 21.1 Å². The van der Waals surface area contributed by atoms with Crippen LogP contribution in [-0.2, 0) is 17.8 Å². The molecule has 2 N–H and O–H groups in total. The average molecular weight is 303 g/mol. The van der Waals surface area contributed by atoms with Crippen molar-refractivity contribution in [2.24, 2.45) is 0 Å². The number of carbonyl (C=O) groups is 1. The van der Waals surface area contributed by atoms with Gasteiger partial charge in [0.05, 0.1) is 17.0 Å². The minimum Gasteiger partial charge on any atom is -0.367 e. The summed E-state index contributed by atoms with van der Waals surface area (Å²) in [5.74, 6) is -0.00534. The van der Waals surface area contributed by atoms with Crippen molar-refractivity contribution >= 4 is 28.6 Å². The lowest BCUT2D eigenvalue weighted by atomic mass is 10.3. The van der Waals surface area contributed by atoms with Gasteiger partial charge in [-0.1, -0.05) is 6.07 Å². The van der Waals surface area contributed by atoms with Gasteiger partial charge in [-0.05, 0) is 23.1 Å². The molecule has 0 bridgehead atoms. The van der Waals surface area contributed by atoms with Gasteiger partial charge < -0.3 is 10.3 Å². The Morgan fingerprint density at radius 3 is 3.05 bits per heavy atom. The zero-order chi connectivity index (χ0) is 13.8. The number of nitrogens with one attached hydrogen (secondary N) is 2. The van der Waals surface area contributed by atoms with Gasteiger partial charge in [-0.2, -0.15) is 0 Å². The Morgan fingerprint density at radius 2 is 2.30 bits per heavy atom. The van der Waals surface area contributed by atoms with Gasteiger partial charge in [-0.15, -0.1) is 22.7 Å². The van der Waals surface area contributed by atoms with Gasteiger partial charge in [0.1, 0.15) is 5.01 Å². The highest BCUT2D eigenvalue weighted by Gasteiger charge is 2.09. The molecular formula is C14H13N3OS2. The monoisotopic (exact) mass is 303 g/mol. The van der Waals surface area contributed by atoms with Crippen molar-refractivity contribution in [3.05, 3.63) is 52.6 Å². The predicted octanol–water partition coefficient (Wildman–Crippen LogP) is 3.06. The van der Waals surface area contributed by atoms with E-state index in [4.69, 9.17) is 0 Å². The van der Waals surface area contributed by atoms with E-state index in [-0.39, 0.29) is 5.91 Å². The fourth-order valence-corrected chi connectivity index (χ4v) is 3.43. The number of rotatable bonds is 5. The molecule has 3 aromatic heterocycles. The van der Waals surface area contributed by atoms with Crippen LogP contribution in [0.4, 0.5) is 0 Å². The smallest absolute Gasteiger partial charge is 0.226 e. The molecule has 0 unspecified atom stereocenters. The van der Waals surface area contributed by atoms with Gasteiger partial charge >= 0.3 is 0 Å². The number of hydrogen-bond acceptors (Lipinski definition) is 4. The Balaban J connectivity index is 1.56. The lowest BCUT2D eigenvalue weighted by molar-refractivity contribution is -0.120. The van der Waals surface area contributed by atoms with E-state index in [1.165, 1.54) is 0 Å². The minimum atomic E-state index is -0.00534. The molecule has 0 atom stereocenters. The van der Waals surface area contributed by atoms with Gasteiger partial charge in [-0.25, -0.2) is 4.98 Å². The zero-order valence-corrected chi connectivity index (χ0v) is 12.3. The lowest BCUT2D eigenvalue weighted by Gasteiger charge is -2.01. The van der Waals surface area contributed by atoms with Crippen LogP contribution in [0.1, 0.15) is 11.3 Å². The van der Waals surface area contributed by atoms with Crippen molar-refractivity contribution in [3.8, 4) is 9.88 Å². The number of nitrogens with zero attached hydrogens (tertiary/aromatic N) is 1. The maximum atomic E-state index is 11.8. The van der Waals surface area contributed by atoms with Crippen LogP contribution in [0, 0.1) is 0 Å². The van der Waals surface area contributed by atoms with Crippen LogP contribution in [0.25, 0.3) is 9.88 Å². The second-order valence-corrected chi connectivity index (χ2v) is 6.10. The first-order valence-corrected chi connectivity index (χ1v) is 7.94. The molecule has 1 amide bonds. The fraction of sp³-hybridized carbons (Fsp3) is 0.143. The molecule has 0 aromatic carbocycles.